The Labute approximate surface area is 77.5 Å². The van der Waals surface area contributed by atoms with Crippen LogP contribution < -0.4 is 0 Å². The SMILES string of the molecule is CC1=Cc2cccc3cccc1c23. The number of hydrogen-bond acceptors (Lipinski definition) is 0. The lowest BCUT2D eigenvalue weighted by Gasteiger charge is -2.01. The zero-order valence-electron chi connectivity index (χ0n) is 7.54. The molecule has 1 aliphatic carbocycles. The van der Waals surface area contributed by atoms with Gasteiger partial charge in [0.2, 0.25) is 0 Å². The highest BCUT2D eigenvalue weighted by molar-refractivity contribution is 6.08. The van der Waals surface area contributed by atoms with E-state index in [1.54, 1.807) is 0 Å². The molecule has 0 atom stereocenters. The van der Waals surface area contributed by atoms with Crippen molar-refractivity contribution in [1.29, 1.82) is 0 Å². The van der Waals surface area contributed by atoms with Gasteiger partial charge in [-0.2, -0.15) is 0 Å². The van der Waals surface area contributed by atoms with Crippen LogP contribution in [0.3, 0.4) is 0 Å². The molecule has 0 N–H and O–H groups in total. The molecule has 62 valence electrons. The Morgan fingerprint density at radius 3 is 2.54 bits per heavy atom. The van der Waals surface area contributed by atoms with Crippen molar-refractivity contribution in [2.75, 3.05) is 0 Å². The molecule has 0 aromatic heterocycles. The van der Waals surface area contributed by atoms with E-state index in [9.17, 15) is 0 Å². The molecule has 0 saturated carbocycles. The van der Waals surface area contributed by atoms with Gasteiger partial charge in [0.1, 0.15) is 0 Å². The molecule has 2 aromatic carbocycles. The summed E-state index contributed by atoms with van der Waals surface area (Å²) in [5, 5.41) is 2.77. The van der Waals surface area contributed by atoms with Gasteiger partial charge in [0.05, 0.1) is 0 Å². The van der Waals surface area contributed by atoms with Crippen molar-refractivity contribution < 1.29 is 0 Å². The quantitative estimate of drug-likeness (QED) is 0.559. The van der Waals surface area contributed by atoms with Crippen molar-refractivity contribution in [2.24, 2.45) is 0 Å². The van der Waals surface area contributed by atoms with Crippen LogP contribution in [0.4, 0.5) is 0 Å². The topological polar surface area (TPSA) is 0 Å². The number of benzene rings is 2. The molecule has 0 bridgehead atoms. The molecule has 2 aromatic rings. The van der Waals surface area contributed by atoms with Crippen LogP contribution in [-0.2, 0) is 0 Å². The van der Waals surface area contributed by atoms with Gasteiger partial charge in [-0.15, -0.1) is 0 Å². The average Bonchev–Trinajstić information content (AvgIpc) is 2.47. The summed E-state index contributed by atoms with van der Waals surface area (Å²) in [6.07, 6.45) is 2.26. The van der Waals surface area contributed by atoms with Crippen molar-refractivity contribution in [3.8, 4) is 0 Å². The molecular weight excluding hydrogens is 156 g/mol. The zero-order chi connectivity index (χ0) is 8.84. The van der Waals surface area contributed by atoms with Gasteiger partial charge in [0.25, 0.3) is 0 Å². The molecule has 0 saturated heterocycles. The first-order valence-electron chi connectivity index (χ1n) is 4.57. The molecule has 0 aliphatic heterocycles. The highest BCUT2D eigenvalue weighted by Crippen LogP contribution is 2.35. The molecule has 13 heavy (non-hydrogen) atoms. The molecular formula is C13H10. The number of allylic oxidation sites excluding steroid dienone is 1. The van der Waals surface area contributed by atoms with E-state index < -0.39 is 0 Å². The van der Waals surface area contributed by atoms with Crippen LogP contribution in [0, 0.1) is 0 Å². The van der Waals surface area contributed by atoms with Gasteiger partial charge in [-0.3, -0.25) is 0 Å². The Morgan fingerprint density at radius 2 is 1.69 bits per heavy atom. The van der Waals surface area contributed by atoms with Crippen molar-refractivity contribution in [2.45, 2.75) is 6.92 Å². The van der Waals surface area contributed by atoms with Crippen LogP contribution in [0.15, 0.2) is 36.4 Å². The molecule has 0 nitrogen and oxygen atoms in total. The monoisotopic (exact) mass is 166 g/mol. The molecule has 0 heterocycles. The summed E-state index contributed by atoms with van der Waals surface area (Å²) >= 11 is 0. The summed E-state index contributed by atoms with van der Waals surface area (Å²) in [7, 11) is 0. The minimum atomic E-state index is 1.35. The minimum Gasteiger partial charge on any atom is -0.0610 e. The number of hydrogen-bond donors (Lipinski definition) is 0. The Balaban J connectivity index is 2.59. The normalized spacial score (nSPS) is 13.5. The first kappa shape index (κ1) is 6.90. The summed E-state index contributed by atoms with van der Waals surface area (Å²) in [6.45, 7) is 2.18. The maximum absolute atomic E-state index is 2.26. The Bertz CT molecular complexity index is 513. The van der Waals surface area contributed by atoms with E-state index in [-0.39, 0.29) is 0 Å². The van der Waals surface area contributed by atoms with E-state index in [2.05, 4.69) is 49.4 Å². The van der Waals surface area contributed by atoms with Crippen molar-refractivity contribution in [3.05, 3.63) is 47.5 Å². The first-order valence-corrected chi connectivity index (χ1v) is 4.57. The second-order valence-corrected chi connectivity index (χ2v) is 3.58. The van der Waals surface area contributed by atoms with E-state index >= 15 is 0 Å². The molecule has 0 fully saturated rings. The zero-order valence-corrected chi connectivity index (χ0v) is 7.54. The molecule has 0 heteroatoms. The smallest absolute Gasteiger partial charge is 0.00361 e. The lowest BCUT2D eigenvalue weighted by molar-refractivity contribution is 1.67. The van der Waals surface area contributed by atoms with Crippen LogP contribution in [-0.4, -0.2) is 0 Å². The van der Waals surface area contributed by atoms with Crippen LogP contribution in [0.5, 0.6) is 0 Å². The Kier molecular flexibility index (Phi) is 1.18. The molecule has 0 spiro atoms. The third-order valence-corrected chi connectivity index (χ3v) is 2.73. The maximum Gasteiger partial charge on any atom is -0.00361 e. The Morgan fingerprint density at radius 1 is 0.923 bits per heavy atom. The Hall–Kier alpha value is -1.56. The lowest BCUT2D eigenvalue weighted by atomic mass is 10.0. The average molecular weight is 166 g/mol. The fourth-order valence-electron chi connectivity index (χ4n) is 2.13. The van der Waals surface area contributed by atoms with E-state index in [1.807, 2.05) is 0 Å². The van der Waals surface area contributed by atoms with E-state index in [0.29, 0.717) is 0 Å². The molecule has 3 rings (SSSR count). The summed E-state index contributed by atoms with van der Waals surface area (Å²) in [5.41, 5.74) is 4.14. The third-order valence-electron chi connectivity index (χ3n) is 2.73. The van der Waals surface area contributed by atoms with E-state index in [1.165, 1.54) is 27.5 Å². The van der Waals surface area contributed by atoms with Crippen molar-refractivity contribution in [3.63, 3.8) is 0 Å². The van der Waals surface area contributed by atoms with Gasteiger partial charge >= 0.3 is 0 Å². The number of rotatable bonds is 0. The fourth-order valence-corrected chi connectivity index (χ4v) is 2.13. The van der Waals surface area contributed by atoms with Gasteiger partial charge < -0.3 is 0 Å². The van der Waals surface area contributed by atoms with Crippen molar-refractivity contribution >= 4 is 22.4 Å². The predicted octanol–water partition coefficient (Wildman–Crippen LogP) is 3.71. The maximum atomic E-state index is 2.26. The summed E-state index contributed by atoms with van der Waals surface area (Å²) in [4.78, 5) is 0. The highest BCUT2D eigenvalue weighted by atomic mass is 14.2. The van der Waals surface area contributed by atoms with Gasteiger partial charge in [-0.1, -0.05) is 42.5 Å². The molecule has 0 radical (unpaired) electrons. The van der Waals surface area contributed by atoms with Gasteiger partial charge in [-0.25, -0.2) is 0 Å². The minimum absolute atomic E-state index is 1.35. The standard InChI is InChI=1S/C13H10/c1-9-8-11-6-2-4-10-5-3-7-12(9)13(10)11/h2-8H,1H3. The van der Waals surface area contributed by atoms with Crippen LogP contribution in [0.1, 0.15) is 18.1 Å². The van der Waals surface area contributed by atoms with Gasteiger partial charge in [-0.05, 0) is 34.4 Å². The fraction of sp³-hybridized carbons (Fsp3) is 0.0769. The predicted molar refractivity (Wildman–Crippen MR) is 57.5 cm³/mol. The second kappa shape index (κ2) is 2.23. The summed E-state index contributed by atoms with van der Waals surface area (Å²) in [5.74, 6) is 0. The molecule has 0 amide bonds. The van der Waals surface area contributed by atoms with Crippen LogP contribution >= 0.6 is 0 Å². The first-order chi connectivity index (χ1) is 6.36. The third kappa shape index (κ3) is 0.803. The highest BCUT2D eigenvalue weighted by Gasteiger charge is 2.11. The molecule has 1 aliphatic rings. The molecule has 0 unspecified atom stereocenters. The van der Waals surface area contributed by atoms with Crippen LogP contribution in [0.2, 0.25) is 0 Å². The van der Waals surface area contributed by atoms with E-state index in [0.717, 1.165) is 0 Å². The van der Waals surface area contributed by atoms with Gasteiger partial charge in [0.15, 0.2) is 0 Å². The lowest BCUT2D eigenvalue weighted by Crippen LogP contribution is -1.78. The van der Waals surface area contributed by atoms with Crippen molar-refractivity contribution in [1.82, 2.24) is 0 Å². The summed E-state index contributed by atoms with van der Waals surface area (Å²) < 4.78 is 0. The van der Waals surface area contributed by atoms with Crippen LogP contribution in [0.25, 0.3) is 22.4 Å². The van der Waals surface area contributed by atoms with Gasteiger partial charge in [0, 0.05) is 0 Å². The summed E-state index contributed by atoms with van der Waals surface area (Å²) in [6, 6.07) is 13.0. The largest absolute Gasteiger partial charge is 0.0610 e. The van der Waals surface area contributed by atoms with E-state index in [4.69, 9.17) is 0 Å². The second-order valence-electron chi connectivity index (χ2n) is 3.58.